The summed E-state index contributed by atoms with van der Waals surface area (Å²) in [6.07, 6.45) is 3.75. The summed E-state index contributed by atoms with van der Waals surface area (Å²) in [5.41, 5.74) is 5.84. The number of nitrogens with zero attached hydrogens (tertiary/aromatic N) is 1. The van der Waals surface area contributed by atoms with Gasteiger partial charge in [0.2, 0.25) is 5.91 Å². The van der Waals surface area contributed by atoms with E-state index < -0.39 is 0 Å². The van der Waals surface area contributed by atoms with Crippen LogP contribution < -0.4 is 11.1 Å². The molecule has 1 fully saturated rings. The van der Waals surface area contributed by atoms with Gasteiger partial charge in [0.1, 0.15) is 0 Å². The minimum atomic E-state index is -0.0625. The molecule has 1 saturated heterocycles. The Bertz CT molecular complexity index is 266. The molecule has 5 nitrogen and oxygen atoms in total. The maximum atomic E-state index is 12.1. The van der Waals surface area contributed by atoms with Crippen LogP contribution >= 0.6 is 0 Å². The summed E-state index contributed by atoms with van der Waals surface area (Å²) in [5.74, 6) is 0.0918. The summed E-state index contributed by atoms with van der Waals surface area (Å²) < 4.78 is 5.29. The summed E-state index contributed by atoms with van der Waals surface area (Å²) in [6, 6.07) is 0.269. The highest BCUT2D eigenvalue weighted by Gasteiger charge is 2.30. The minimum Gasteiger partial charge on any atom is -0.381 e. The van der Waals surface area contributed by atoms with E-state index >= 15 is 0 Å². The molecule has 0 radical (unpaired) electrons. The fourth-order valence-corrected chi connectivity index (χ4v) is 2.73. The zero-order valence-electron chi connectivity index (χ0n) is 12.6. The fourth-order valence-electron chi connectivity index (χ4n) is 2.73. The number of hydrogen-bond donors (Lipinski definition) is 2. The van der Waals surface area contributed by atoms with Crippen LogP contribution in [-0.4, -0.2) is 55.7 Å². The van der Waals surface area contributed by atoms with Crippen molar-refractivity contribution in [2.24, 2.45) is 5.73 Å². The third kappa shape index (κ3) is 4.44. The van der Waals surface area contributed by atoms with Crippen molar-refractivity contribution in [1.29, 1.82) is 0 Å². The maximum Gasteiger partial charge on any atom is 0.234 e. The second kappa shape index (κ2) is 7.82. The number of amides is 1. The SMILES string of the molecule is CCC(CC)(CN)N(C)CC(=O)NC1CCOCC1. The third-order valence-electron chi connectivity index (χ3n) is 4.47. The molecule has 0 aromatic heterocycles. The Kier molecular flexibility index (Phi) is 6.75. The van der Waals surface area contributed by atoms with Crippen molar-refractivity contribution in [2.75, 3.05) is 33.4 Å². The van der Waals surface area contributed by atoms with Crippen LogP contribution in [0.25, 0.3) is 0 Å². The first kappa shape index (κ1) is 16.4. The van der Waals surface area contributed by atoms with E-state index in [1.54, 1.807) is 0 Å². The monoisotopic (exact) mass is 271 g/mol. The maximum absolute atomic E-state index is 12.1. The number of rotatable bonds is 7. The van der Waals surface area contributed by atoms with Gasteiger partial charge in [-0.25, -0.2) is 0 Å². The Morgan fingerprint density at radius 2 is 1.95 bits per heavy atom. The highest BCUT2D eigenvalue weighted by molar-refractivity contribution is 5.78. The van der Waals surface area contributed by atoms with Crippen molar-refractivity contribution in [3.63, 3.8) is 0 Å². The van der Waals surface area contributed by atoms with Gasteiger partial charge in [-0.15, -0.1) is 0 Å². The van der Waals surface area contributed by atoms with Gasteiger partial charge < -0.3 is 15.8 Å². The van der Waals surface area contributed by atoms with Crippen molar-refractivity contribution in [3.05, 3.63) is 0 Å². The number of likely N-dealkylation sites (N-methyl/N-ethyl adjacent to an activating group) is 1. The minimum absolute atomic E-state index is 0.0625. The largest absolute Gasteiger partial charge is 0.381 e. The van der Waals surface area contributed by atoms with E-state index in [1.165, 1.54) is 0 Å². The van der Waals surface area contributed by atoms with E-state index in [2.05, 4.69) is 24.1 Å². The second-order valence-electron chi connectivity index (χ2n) is 5.45. The van der Waals surface area contributed by atoms with Crippen molar-refractivity contribution in [1.82, 2.24) is 10.2 Å². The molecule has 1 rings (SSSR count). The van der Waals surface area contributed by atoms with Gasteiger partial charge in [-0.2, -0.15) is 0 Å². The molecule has 1 amide bonds. The predicted molar refractivity (Wildman–Crippen MR) is 77.0 cm³/mol. The van der Waals surface area contributed by atoms with E-state index in [0.29, 0.717) is 13.1 Å². The van der Waals surface area contributed by atoms with Crippen LogP contribution in [0, 0.1) is 0 Å². The first-order valence-corrected chi connectivity index (χ1v) is 7.36. The van der Waals surface area contributed by atoms with E-state index in [9.17, 15) is 4.79 Å². The lowest BCUT2D eigenvalue weighted by Crippen LogP contribution is -2.55. The lowest BCUT2D eigenvalue weighted by atomic mass is 9.91. The fraction of sp³-hybridized carbons (Fsp3) is 0.929. The van der Waals surface area contributed by atoms with Crippen LogP contribution in [0.15, 0.2) is 0 Å². The lowest BCUT2D eigenvalue weighted by Gasteiger charge is -2.39. The molecular formula is C14H29N3O2. The van der Waals surface area contributed by atoms with Crippen LogP contribution in [0.1, 0.15) is 39.5 Å². The number of carbonyl (C=O) groups is 1. The molecule has 0 aromatic rings. The summed E-state index contributed by atoms with van der Waals surface area (Å²) in [7, 11) is 1.99. The van der Waals surface area contributed by atoms with Gasteiger partial charge in [-0.3, -0.25) is 9.69 Å². The summed E-state index contributed by atoms with van der Waals surface area (Å²) in [5, 5.41) is 3.09. The van der Waals surface area contributed by atoms with E-state index in [-0.39, 0.29) is 17.5 Å². The Balaban J connectivity index is 2.45. The van der Waals surface area contributed by atoms with Gasteiger partial charge in [-0.1, -0.05) is 13.8 Å². The molecule has 0 unspecified atom stereocenters. The van der Waals surface area contributed by atoms with Gasteiger partial charge in [0, 0.05) is 31.3 Å². The lowest BCUT2D eigenvalue weighted by molar-refractivity contribution is -0.124. The average molecular weight is 271 g/mol. The van der Waals surface area contributed by atoms with Gasteiger partial charge in [-0.05, 0) is 32.7 Å². The molecule has 3 N–H and O–H groups in total. The van der Waals surface area contributed by atoms with Gasteiger partial charge in [0.25, 0.3) is 0 Å². The van der Waals surface area contributed by atoms with Crippen LogP contribution in [0.3, 0.4) is 0 Å². The molecule has 1 heterocycles. The van der Waals surface area contributed by atoms with E-state index in [0.717, 1.165) is 38.9 Å². The molecule has 0 saturated carbocycles. The third-order valence-corrected chi connectivity index (χ3v) is 4.47. The molecule has 0 spiro atoms. The molecule has 0 atom stereocenters. The predicted octanol–water partition coefficient (Wildman–Crippen LogP) is 0.731. The summed E-state index contributed by atoms with van der Waals surface area (Å²) in [4.78, 5) is 14.2. The standard InChI is InChI=1S/C14H29N3O2/c1-4-14(5-2,11-15)17(3)10-13(18)16-12-6-8-19-9-7-12/h12H,4-11,15H2,1-3H3,(H,16,18). The van der Waals surface area contributed by atoms with Crippen molar-refractivity contribution >= 4 is 5.91 Å². The summed E-state index contributed by atoms with van der Waals surface area (Å²) in [6.45, 7) is 6.75. The number of nitrogens with two attached hydrogens (primary N) is 1. The Labute approximate surface area is 116 Å². The average Bonchev–Trinajstić information content (AvgIpc) is 2.42. The summed E-state index contributed by atoms with van der Waals surface area (Å²) >= 11 is 0. The number of ether oxygens (including phenoxy) is 1. The molecule has 0 aliphatic carbocycles. The second-order valence-corrected chi connectivity index (χ2v) is 5.45. The van der Waals surface area contributed by atoms with Crippen LogP contribution in [0.4, 0.5) is 0 Å². The van der Waals surface area contributed by atoms with Crippen LogP contribution in [0.5, 0.6) is 0 Å². The normalized spacial score (nSPS) is 17.7. The molecule has 1 aliphatic rings. The zero-order chi connectivity index (χ0) is 14.3. The highest BCUT2D eigenvalue weighted by atomic mass is 16.5. The molecular weight excluding hydrogens is 242 g/mol. The first-order chi connectivity index (χ1) is 9.07. The molecule has 112 valence electrons. The number of nitrogens with one attached hydrogen (secondary N) is 1. The Morgan fingerprint density at radius 1 is 1.37 bits per heavy atom. The topological polar surface area (TPSA) is 67.6 Å². The van der Waals surface area contributed by atoms with Gasteiger partial charge >= 0.3 is 0 Å². The Hall–Kier alpha value is -0.650. The van der Waals surface area contributed by atoms with Crippen molar-refractivity contribution in [2.45, 2.75) is 51.1 Å². The van der Waals surface area contributed by atoms with Gasteiger partial charge in [0.05, 0.1) is 6.54 Å². The Morgan fingerprint density at radius 3 is 2.42 bits per heavy atom. The molecule has 0 aromatic carbocycles. The van der Waals surface area contributed by atoms with Crippen molar-refractivity contribution in [3.8, 4) is 0 Å². The van der Waals surface area contributed by atoms with E-state index in [1.807, 2.05) is 7.05 Å². The molecule has 19 heavy (non-hydrogen) atoms. The van der Waals surface area contributed by atoms with Crippen molar-refractivity contribution < 1.29 is 9.53 Å². The zero-order valence-corrected chi connectivity index (χ0v) is 12.6. The highest BCUT2D eigenvalue weighted by Crippen LogP contribution is 2.20. The molecule has 1 aliphatic heterocycles. The molecule has 0 bridgehead atoms. The first-order valence-electron chi connectivity index (χ1n) is 7.36. The van der Waals surface area contributed by atoms with Crippen LogP contribution in [0.2, 0.25) is 0 Å². The number of carbonyl (C=O) groups excluding carboxylic acids is 1. The molecule has 5 heteroatoms. The van der Waals surface area contributed by atoms with Crippen LogP contribution in [-0.2, 0) is 9.53 Å². The quantitative estimate of drug-likeness (QED) is 0.716. The van der Waals surface area contributed by atoms with E-state index in [4.69, 9.17) is 10.5 Å². The number of hydrogen-bond acceptors (Lipinski definition) is 4. The van der Waals surface area contributed by atoms with Gasteiger partial charge in [0.15, 0.2) is 0 Å². The smallest absolute Gasteiger partial charge is 0.234 e.